The lowest BCUT2D eigenvalue weighted by atomic mass is 10.1. The van der Waals surface area contributed by atoms with Crippen molar-refractivity contribution in [2.45, 2.75) is 39.0 Å². The average Bonchev–Trinajstić information content (AvgIpc) is 3.52. The first-order chi connectivity index (χ1) is 16.4. The van der Waals surface area contributed by atoms with E-state index in [1.54, 1.807) is 6.92 Å². The maximum absolute atomic E-state index is 14.8. The van der Waals surface area contributed by atoms with Crippen LogP contribution in [0.25, 0.3) is 11.4 Å². The minimum atomic E-state index is -1.34. The summed E-state index contributed by atoms with van der Waals surface area (Å²) in [5.41, 5.74) is 7.10. The van der Waals surface area contributed by atoms with E-state index in [1.165, 1.54) is 12.1 Å². The monoisotopic (exact) mass is 466 g/mol. The number of likely N-dealkylation sites (tertiary alicyclic amines) is 1. The standard InChI is InChI=1S/C23H23FN6O4/c1-13-26-22(28-34-13)18(31)5-4-14-10-15-19(11-16(14)24)33-9-8-30-17(12-29-6-2-3-7-29)20(21(25)32)27-23(15)30/h10-11,18,31H,2-3,6-9,12H2,1H3,(H2,25,32). The molecule has 34 heavy (non-hydrogen) atoms. The van der Waals surface area contributed by atoms with Crippen molar-refractivity contribution in [3.05, 3.63) is 46.6 Å². The molecule has 0 spiro atoms. The molecule has 0 radical (unpaired) electrons. The molecule has 176 valence electrons. The predicted octanol–water partition coefficient (Wildman–Crippen LogP) is 1.55. The van der Waals surface area contributed by atoms with Gasteiger partial charge in [0, 0.05) is 19.5 Å². The zero-order valence-corrected chi connectivity index (χ0v) is 18.5. The molecule has 1 saturated heterocycles. The normalized spacial score (nSPS) is 16.1. The van der Waals surface area contributed by atoms with Gasteiger partial charge in [-0.1, -0.05) is 17.0 Å². The smallest absolute Gasteiger partial charge is 0.269 e. The van der Waals surface area contributed by atoms with Crippen LogP contribution in [0.4, 0.5) is 4.39 Å². The van der Waals surface area contributed by atoms with E-state index in [-0.39, 0.29) is 29.6 Å². The van der Waals surface area contributed by atoms with E-state index in [0.717, 1.165) is 31.6 Å². The maximum atomic E-state index is 14.8. The van der Waals surface area contributed by atoms with Crippen molar-refractivity contribution in [1.82, 2.24) is 24.6 Å². The molecule has 3 N–H and O–H groups in total. The number of ether oxygens (including phenoxy) is 1. The third kappa shape index (κ3) is 4.13. The van der Waals surface area contributed by atoms with Gasteiger partial charge in [-0.2, -0.15) is 4.98 Å². The summed E-state index contributed by atoms with van der Waals surface area (Å²) in [6.07, 6.45) is 0.868. The van der Waals surface area contributed by atoms with E-state index in [9.17, 15) is 14.3 Å². The van der Waals surface area contributed by atoms with Crippen molar-refractivity contribution in [3.63, 3.8) is 0 Å². The maximum Gasteiger partial charge on any atom is 0.269 e. The van der Waals surface area contributed by atoms with Gasteiger partial charge in [-0.05, 0) is 32.0 Å². The van der Waals surface area contributed by atoms with E-state index < -0.39 is 17.8 Å². The van der Waals surface area contributed by atoms with E-state index in [1.807, 2.05) is 4.57 Å². The van der Waals surface area contributed by atoms with Crippen LogP contribution in [0.1, 0.15) is 52.4 Å². The summed E-state index contributed by atoms with van der Waals surface area (Å²) in [7, 11) is 0. The highest BCUT2D eigenvalue weighted by atomic mass is 19.1. The number of primary amides is 1. The Kier molecular flexibility index (Phi) is 5.77. The lowest BCUT2D eigenvalue weighted by Gasteiger charge is -2.17. The lowest BCUT2D eigenvalue weighted by molar-refractivity contribution is 0.0993. The number of aryl methyl sites for hydroxylation is 1. The first kappa shape index (κ1) is 22.1. The molecule has 0 aliphatic carbocycles. The lowest BCUT2D eigenvalue weighted by Crippen LogP contribution is -2.24. The number of hydrogen-bond donors (Lipinski definition) is 2. The molecular weight excluding hydrogens is 443 g/mol. The number of aliphatic hydroxyl groups excluding tert-OH is 1. The van der Waals surface area contributed by atoms with Crippen molar-refractivity contribution in [2.24, 2.45) is 5.73 Å². The molecule has 0 saturated carbocycles. The quantitative estimate of drug-likeness (QED) is 0.554. The largest absolute Gasteiger partial charge is 0.491 e. The van der Waals surface area contributed by atoms with Crippen molar-refractivity contribution in [3.8, 4) is 29.0 Å². The van der Waals surface area contributed by atoms with Gasteiger partial charge in [0.1, 0.15) is 24.0 Å². The Hall–Kier alpha value is -3.75. The Morgan fingerprint density at radius 2 is 2.09 bits per heavy atom. The van der Waals surface area contributed by atoms with Crippen molar-refractivity contribution < 1.29 is 23.6 Å². The van der Waals surface area contributed by atoms with Crippen LogP contribution in [-0.2, 0) is 13.1 Å². The molecule has 4 heterocycles. The highest BCUT2D eigenvalue weighted by Gasteiger charge is 2.28. The molecule has 0 bridgehead atoms. The molecule has 2 aromatic heterocycles. The van der Waals surface area contributed by atoms with Crippen LogP contribution in [0.15, 0.2) is 16.7 Å². The van der Waals surface area contributed by atoms with Crippen LogP contribution in [0.3, 0.4) is 0 Å². The molecule has 1 unspecified atom stereocenters. The van der Waals surface area contributed by atoms with E-state index in [0.29, 0.717) is 30.2 Å². The third-order valence-electron chi connectivity index (χ3n) is 5.89. The van der Waals surface area contributed by atoms with Gasteiger partial charge in [0.25, 0.3) is 5.91 Å². The highest BCUT2D eigenvalue weighted by molar-refractivity contribution is 5.93. The number of aliphatic hydroxyl groups is 1. The van der Waals surface area contributed by atoms with Crippen LogP contribution < -0.4 is 10.5 Å². The van der Waals surface area contributed by atoms with Crippen molar-refractivity contribution in [1.29, 1.82) is 0 Å². The number of nitrogens with zero attached hydrogens (tertiary/aromatic N) is 5. The first-order valence-corrected chi connectivity index (χ1v) is 11.0. The Bertz CT molecular complexity index is 1310. The number of rotatable bonds is 4. The molecule has 2 aliphatic heterocycles. The second-order valence-corrected chi connectivity index (χ2v) is 8.25. The molecule has 1 amide bonds. The van der Waals surface area contributed by atoms with Crippen molar-refractivity contribution in [2.75, 3.05) is 19.7 Å². The summed E-state index contributed by atoms with van der Waals surface area (Å²) in [4.78, 5) is 22.9. The van der Waals surface area contributed by atoms with Gasteiger partial charge in [-0.3, -0.25) is 9.69 Å². The number of amides is 1. The van der Waals surface area contributed by atoms with Crippen LogP contribution in [0.5, 0.6) is 5.75 Å². The molecule has 5 rings (SSSR count). The van der Waals surface area contributed by atoms with Gasteiger partial charge >= 0.3 is 0 Å². The van der Waals surface area contributed by atoms with Gasteiger partial charge in [-0.15, -0.1) is 0 Å². The SMILES string of the molecule is Cc1nc(C(O)C#Cc2cc3c(cc2F)OCCn2c-3nc(C(N)=O)c2CN2CCCC2)no1. The second kappa shape index (κ2) is 8.89. The fourth-order valence-corrected chi connectivity index (χ4v) is 4.27. The molecule has 10 nitrogen and oxygen atoms in total. The van der Waals surface area contributed by atoms with E-state index in [4.69, 9.17) is 15.0 Å². The summed E-state index contributed by atoms with van der Waals surface area (Å²) in [6.45, 7) is 4.74. The highest BCUT2D eigenvalue weighted by Crippen LogP contribution is 2.36. The van der Waals surface area contributed by atoms with Gasteiger partial charge < -0.3 is 24.7 Å². The number of carbonyl (C=O) groups is 1. The van der Waals surface area contributed by atoms with Crippen LogP contribution >= 0.6 is 0 Å². The van der Waals surface area contributed by atoms with Crippen LogP contribution in [-0.4, -0.2) is 55.3 Å². The number of halogens is 1. The molecular formula is C23H23FN6O4. The molecule has 11 heteroatoms. The molecule has 1 fully saturated rings. The molecule has 1 aromatic carbocycles. The number of carbonyl (C=O) groups excluding carboxylic acids is 1. The van der Waals surface area contributed by atoms with Gasteiger partial charge in [-0.25, -0.2) is 9.37 Å². The van der Waals surface area contributed by atoms with Gasteiger partial charge in [0.2, 0.25) is 11.7 Å². The Labute approximate surface area is 194 Å². The summed E-state index contributed by atoms with van der Waals surface area (Å²) in [6, 6.07) is 2.74. The summed E-state index contributed by atoms with van der Waals surface area (Å²) >= 11 is 0. The van der Waals surface area contributed by atoms with Gasteiger partial charge in [0.15, 0.2) is 11.8 Å². The second-order valence-electron chi connectivity index (χ2n) is 8.25. The fourth-order valence-electron chi connectivity index (χ4n) is 4.27. The molecule has 3 aromatic rings. The third-order valence-corrected chi connectivity index (χ3v) is 5.89. The number of imidazole rings is 1. The van der Waals surface area contributed by atoms with E-state index in [2.05, 4.69) is 31.9 Å². The minimum Gasteiger partial charge on any atom is -0.491 e. The number of nitrogens with two attached hydrogens (primary N) is 1. The van der Waals surface area contributed by atoms with Crippen molar-refractivity contribution >= 4 is 5.91 Å². The Balaban J connectivity index is 1.56. The first-order valence-electron chi connectivity index (χ1n) is 11.0. The summed E-state index contributed by atoms with van der Waals surface area (Å²) < 4.78 is 27.3. The van der Waals surface area contributed by atoms with E-state index >= 15 is 0 Å². The predicted molar refractivity (Wildman–Crippen MR) is 117 cm³/mol. The zero-order valence-electron chi connectivity index (χ0n) is 18.5. The summed E-state index contributed by atoms with van der Waals surface area (Å²) in [5.74, 6) is 4.98. The van der Waals surface area contributed by atoms with Gasteiger partial charge in [0.05, 0.1) is 23.4 Å². The number of benzene rings is 1. The topological polar surface area (TPSA) is 133 Å². The number of fused-ring (bicyclic) bond motifs is 3. The molecule has 1 atom stereocenters. The molecule has 2 aliphatic rings. The Morgan fingerprint density at radius 1 is 1.29 bits per heavy atom. The zero-order chi connectivity index (χ0) is 23.8. The minimum absolute atomic E-state index is 0.00306. The fraction of sp³-hybridized carbons (Fsp3) is 0.391. The average molecular weight is 466 g/mol. The summed E-state index contributed by atoms with van der Waals surface area (Å²) in [5, 5.41) is 13.8. The number of hydrogen-bond acceptors (Lipinski definition) is 8. The van der Waals surface area contributed by atoms with Crippen LogP contribution in [0.2, 0.25) is 0 Å². The van der Waals surface area contributed by atoms with Crippen LogP contribution in [0, 0.1) is 24.6 Å². The number of aromatic nitrogens is 4. The Morgan fingerprint density at radius 3 is 2.79 bits per heavy atom.